The first-order chi connectivity index (χ1) is 38.6. The number of unbranched alkanes of at least 4 members (excludes halogenated alkanes) is 1. The summed E-state index contributed by atoms with van der Waals surface area (Å²) in [5, 5.41) is 22.2. The number of benzene rings is 7. The molecule has 0 unspecified atom stereocenters. The number of thioether (sulfide) groups is 1. The Bertz CT molecular complexity index is 3060. The van der Waals surface area contributed by atoms with Crippen LogP contribution in [0.3, 0.4) is 0 Å². The van der Waals surface area contributed by atoms with Crippen LogP contribution in [0.15, 0.2) is 188 Å². The van der Waals surface area contributed by atoms with Crippen molar-refractivity contribution in [2.75, 3.05) is 18.9 Å². The number of hydrogen-bond acceptors (Lipinski definition) is 9. The van der Waals surface area contributed by atoms with Gasteiger partial charge in [-0.2, -0.15) is 0 Å². The number of halogens is 1. The molecule has 0 bridgehead atoms. The molecule has 0 aromatic heterocycles. The number of alkyl carbamates (subject to hydrolysis) is 1. The Hall–Kier alpha value is -7.91. The lowest BCUT2D eigenvalue weighted by Gasteiger charge is -2.37. The number of hydrogen-bond donors (Lipinski definition) is 6. The van der Waals surface area contributed by atoms with Gasteiger partial charge in [0.05, 0.1) is 4.75 Å². The second-order valence-electron chi connectivity index (χ2n) is 20.8. The maximum absolute atomic E-state index is 15.4. The number of carboxylic acid groups (broad SMARTS) is 1. The minimum atomic E-state index is -1.38. The molecule has 0 saturated carbocycles. The first kappa shape index (κ1) is 58.2. The molecule has 0 spiro atoms. The highest BCUT2D eigenvalue weighted by Crippen LogP contribution is 2.49. The van der Waals surface area contributed by atoms with Crippen molar-refractivity contribution in [2.24, 2.45) is 5.73 Å². The average molecular weight is 1110 g/mol. The molecule has 4 amide bonds. The Morgan fingerprint density at radius 1 is 0.562 bits per heavy atom. The van der Waals surface area contributed by atoms with Crippen molar-refractivity contribution < 1.29 is 38.6 Å². The highest BCUT2D eigenvalue weighted by Gasteiger charge is 2.40. The summed E-state index contributed by atoms with van der Waals surface area (Å²) >= 11 is 7.73. The van der Waals surface area contributed by atoms with E-state index < -0.39 is 64.3 Å². The maximum atomic E-state index is 15.4. The van der Waals surface area contributed by atoms with Crippen molar-refractivity contribution in [1.29, 1.82) is 0 Å². The summed E-state index contributed by atoms with van der Waals surface area (Å²) in [6, 6.07) is 54.3. The average Bonchev–Trinajstić information content (AvgIpc) is 3.85. The predicted molar refractivity (Wildman–Crippen MR) is 316 cm³/mol. The predicted octanol–water partition coefficient (Wildman–Crippen LogP) is 10.6. The molecule has 13 nitrogen and oxygen atoms in total. The Kier molecular flexibility index (Phi) is 19.9. The molecule has 15 heteroatoms. The van der Waals surface area contributed by atoms with E-state index in [0.717, 1.165) is 38.9 Å². The van der Waals surface area contributed by atoms with Gasteiger partial charge in [-0.05, 0) is 121 Å². The summed E-state index contributed by atoms with van der Waals surface area (Å²) < 4.78 is 11.1. The number of nitrogens with one attached hydrogen (secondary N) is 4. The van der Waals surface area contributed by atoms with Crippen LogP contribution in [0.5, 0.6) is 5.75 Å². The second-order valence-corrected chi connectivity index (χ2v) is 22.5. The number of amides is 4. The van der Waals surface area contributed by atoms with Crippen LogP contribution < -0.4 is 31.7 Å². The van der Waals surface area contributed by atoms with Gasteiger partial charge in [-0.1, -0.05) is 175 Å². The van der Waals surface area contributed by atoms with E-state index in [0.29, 0.717) is 41.3 Å². The topological polar surface area (TPSA) is 198 Å². The molecule has 0 fully saturated rings. The third-order valence-electron chi connectivity index (χ3n) is 13.9. The van der Waals surface area contributed by atoms with E-state index in [1.54, 1.807) is 48.5 Å². The van der Waals surface area contributed by atoms with Gasteiger partial charge in [0.1, 0.15) is 42.1 Å². The molecule has 7 aromatic rings. The maximum Gasteiger partial charge on any atom is 0.407 e. The zero-order valence-corrected chi connectivity index (χ0v) is 46.7. The van der Waals surface area contributed by atoms with Crippen LogP contribution in [0.2, 0.25) is 5.02 Å². The summed E-state index contributed by atoms with van der Waals surface area (Å²) in [5.74, 6) is -3.15. The van der Waals surface area contributed by atoms with Crippen LogP contribution in [0.1, 0.15) is 84.9 Å². The monoisotopic (exact) mass is 1110 g/mol. The molecule has 1 aliphatic carbocycles. The van der Waals surface area contributed by atoms with E-state index >= 15 is 9.59 Å². The number of rotatable bonds is 25. The van der Waals surface area contributed by atoms with Crippen LogP contribution in [-0.4, -0.2) is 83.6 Å². The zero-order valence-electron chi connectivity index (χ0n) is 45.1. The molecule has 414 valence electrons. The Balaban J connectivity index is 1.15. The second kappa shape index (κ2) is 27.3. The Labute approximate surface area is 477 Å². The van der Waals surface area contributed by atoms with Crippen LogP contribution in [0.4, 0.5) is 4.79 Å². The van der Waals surface area contributed by atoms with Gasteiger partial charge in [0.2, 0.25) is 17.7 Å². The highest BCUT2D eigenvalue weighted by molar-refractivity contribution is 8.00. The van der Waals surface area contributed by atoms with Crippen LogP contribution in [-0.2, 0) is 41.5 Å². The number of ether oxygens (including phenoxy) is 2. The quantitative estimate of drug-likeness (QED) is 0.0237. The summed E-state index contributed by atoms with van der Waals surface area (Å²) in [6.45, 7) is 6.12. The molecule has 8 rings (SSSR count). The van der Waals surface area contributed by atoms with Gasteiger partial charge in [-0.25, -0.2) is 9.59 Å². The van der Waals surface area contributed by atoms with Crippen LogP contribution in [0, 0.1) is 0 Å². The van der Waals surface area contributed by atoms with Crippen molar-refractivity contribution in [2.45, 2.75) is 93.3 Å². The van der Waals surface area contributed by atoms with Crippen molar-refractivity contribution in [3.63, 3.8) is 0 Å². The molecule has 0 aliphatic heterocycles. The van der Waals surface area contributed by atoms with Gasteiger partial charge >= 0.3 is 12.1 Å². The third kappa shape index (κ3) is 15.1. The van der Waals surface area contributed by atoms with Gasteiger partial charge in [-0.3, -0.25) is 14.4 Å². The molecule has 1 aliphatic rings. The van der Waals surface area contributed by atoms with Crippen molar-refractivity contribution in [3.05, 3.63) is 232 Å². The molecular weight excluding hydrogens is 1050 g/mol. The standard InChI is InChI=1S/C65H68ClN5O8S/c1-64(2,3)79-49-36-32-44(33-37-49)39-56(59(72)68-55(62(75)76)29-17-18-38-67)69-61(74)58(42-80-65(45-19-7-4-8-20-45,46-21-9-5-10-22-46)47-23-11-6-12-24-47)70-60(73)57(40-43-30-34-48(66)35-31-43)71-63(77)78-41-54-52-27-15-13-25-50(52)51-26-14-16-28-53(51)54/h4-16,19-28,30-37,54-58H,17-18,29,38-42,67H2,1-3H3,(H,68,72)(H,69,74)(H,70,73)(H,71,77)(H,75,76)/t55-,56+,57+,58-/m1/s1. The Morgan fingerprint density at radius 2 is 1.00 bits per heavy atom. The smallest absolute Gasteiger partial charge is 0.407 e. The minimum absolute atomic E-state index is 0.0110. The fraction of sp³-hybridized carbons (Fsp3) is 0.277. The molecule has 80 heavy (non-hydrogen) atoms. The molecule has 7 N–H and O–H groups in total. The highest BCUT2D eigenvalue weighted by atomic mass is 35.5. The van der Waals surface area contributed by atoms with E-state index in [-0.39, 0.29) is 37.5 Å². The van der Waals surface area contributed by atoms with E-state index in [1.165, 1.54) is 11.8 Å². The molecule has 0 radical (unpaired) electrons. The molecule has 4 atom stereocenters. The number of aliphatic carboxylic acids is 1. The zero-order chi connectivity index (χ0) is 56.7. The third-order valence-corrected chi connectivity index (χ3v) is 15.8. The normalized spacial score (nSPS) is 13.6. The molecular formula is C65H68ClN5O8S. The molecule has 7 aromatic carbocycles. The van der Waals surface area contributed by atoms with Crippen LogP contribution in [0.25, 0.3) is 11.1 Å². The van der Waals surface area contributed by atoms with Gasteiger partial charge < -0.3 is 41.6 Å². The summed E-state index contributed by atoms with van der Waals surface area (Å²) in [7, 11) is 0. The molecule has 0 saturated heterocycles. The van der Waals surface area contributed by atoms with E-state index in [4.69, 9.17) is 26.8 Å². The van der Waals surface area contributed by atoms with Gasteiger partial charge in [0, 0.05) is 29.5 Å². The Morgan fingerprint density at radius 3 is 1.49 bits per heavy atom. The number of carboxylic acids is 1. The van der Waals surface area contributed by atoms with E-state index in [9.17, 15) is 19.5 Å². The van der Waals surface area contributed by atoms with Crippen molar-refractivity contribution in [1.82, 2.24) is 21.3 Å². The number of nitrogens with two attached hydrogens (primary N) is 1. The first-order valence-electron chi connectivity index (χ1n) is 26.9. The number of carbonyl (C=O) groups excluding carboxylic acids is 4. The number of fused-ring (bicyclic) bond motifs is 3. The lowest BCUT2D eigenvalue weighted by molar-refractivity contribution is -0.142. The fourth-order valence-corrected chi connectivity index (χ4v) is 11.8. The van der Waals surface area contributed by atoms with Crippen molar-refractivity contribution in [3.8, 4) is 16.9 Å². The summed E-state index contributed by atoms with van der Waals surface area (Å²) in [5.41, 5.74) is 13.4. The lowest BCUT2D eigenvalue weighted by atomic mass is 9.84. The summed E-state index contributed by atoms with van der Waals surface area (Å²) in [6.07, 6.45) is 0.187. The van der Waals surface area contributed by atoms with Crippen LogP contribution >= 0.6 is 23.4 Å². The SMILES string of the molecule is CC(C)(C)Oc1ccc(C[C@H](NC(=O)[C@@H](CSC(c2ccccc2)(c2ccccc2)c2ccccc2)NC(=O)[C@H](Cc2ccc(Cl)cc2)NC(=O)OCC2c3ccccc3-c3ccccc32)C(=O)N[C@H](CCCCN)C(=O)O)cc1. The van der Waals surface area contributed by atoms with Gasteiger partial charge in [0.25, 0.3) is 0 Å². The van der Waals surface area contributed by atoms with E-state index in [1.807, 2.05) is 160 Å². The van der Waals surface area contributed by atoms with Gasteiger partial charge in [0.15, 0.2) is 0 Å². The van der Waals surface area contributed by atoms with E-state index in [2.05, 4.69) is 21.3 Å². The number of carbonyl (C=O) groups is 5. The lowest BCUT2D eigenvalue weighted by Crippen LogP contribution is -2.59. The summed E-state index contributed by atoms with van der Waals surface area (Å²) in [4.78, 5) is 71.9. The molecule has 0 heterocycles. The first-order valence-corrected chi connectivity index (χ1v) is 28.3. The van der Waals surface area contributed by atoms with Crippen molar-refractivity contribution >= 4 is 53.1 Å². The van der Waals surface area contributed by atoms with Gasteiger partial charge in [-0.15, -0.1) is 11.8 Å². The minimum Gasteiger partial charge on any atom is -0.488 e. The largest absolute Gasteiger partial charge is 0.488 e. The fourth-order valence-electron chi connectivity index (χ4n) is 10.1.